The molecule has 2 fully saturated rings. The predicted molar refractivity (Wildman–Crippen MR) is 80.7 cm³/mol. The second kappa shape index (κ2) is 4.75. The smallest absolute Gasteiger partial charge is 0.329 e. The second-order valence-corrected chi connectivity index (χ2v) is 6.37. The first-order valence-corrected chi connectivity index (χ1v) is 7.65. The molecule has 1 aromatic carbocycles. The molecule has 4 rings (SSSR count). The molecule has 2 N–H and O–H groups in total. The Balaban J connectivity index is 1.79. The summed E-state index contributed by atoms with van der Waals surface area (Å²) in [7, 11) is 0. The van der Waals surface area contributed by atoms with Gasteiger partial charge in [-0.25, -0.2) is 9.18 Å². The molecule has 2 aliphatic rings. The topological polar surface area (TPSA) is 79.3 Å². The highest BCUT2D eigenvalue weighted by Gasteiger charge is 2.51. The molecule has 1 aromatic heterocycles. The summed E-state index contributed by atoms with van der Waals surface area (Å²) < 4.78 is 13.6. The van der Waals surface area contributed by atoms with Gasteiger partial charge in [-0.3, -0.25) is 9.78 Å². The molecule has 0 atom stereocenters. The van der Waals surface area contributed by atoms with Crippen molar-refractivity contribution < 1.29 is 19.1 Å². The summed E-state index contributed by atoms with van der Waals surface area (Å²) in [5.41, 5.74) is 0.499. The molecule has 6 heteroatoms. The number of carboxylic acids is 1. The summed E-state index contributed by atoms with van der Waals surface area (Å²) in [6.07, 6.45) is 2.89. The maximum absolute atomic E-state index is 13.6. The zero-order valence-corrected chi connectivity index (χ0v) is 12.3. The fraction of sp³-hybridized carbons (Fsp3) is 0.353. The number of fused-ring (bicyclic) bond motifs is 1. The van der Waals surface area contributed by atoms with E-state index in [1.165, 1.54) is 12.1 Å². The molecule has 1 amide bonds. The molecule has 1 heterocycles. The predicted octanol–water partition coefficient (Wildman–Crippen LogP) is 2.60. The standard InChI is InChI=1S/C17H15FN2O3/c18-10-3-4-13-11(7-10)12(8-14(19-13)9-1-2-9)15(21)20-17(5-6-17)16(22)23/h3-4,7-9H,1-2,5-6H2,(H,20,21)(H,22,23). The number of hydrogen-bond donors (Lipinski definition) is 2. The zero-order chi connectivity index (χ0) is 16.2. The lowest BCUT2D eigenvalue weighted by molar-refractivity contribution is -0.140. The van der Waals surface area contributed by atoms with Gasteiger partial charge in [0.1, 0.15) is 11.4 Å². The minimum atomic E-state index is -1.17. The van der Waals surface area contributed by atoms with Crippen LogP contribution in [0, 0.1) is 5.82 Å². The fourth-order valence-corrected chi connectivity index (χ4v) is 2.80. The number of carbonyl (C=O) groups excluding carboxylic acids is 1. The van der Waals surface area contributed by atoms with Crippen LogP contribution >= 0.6 is 0 Å². The summed E-state index contributed by atoms with van der Waals surface area (Å²) in [6, 6.07) is 5.81. The molecule has 2 aromatic rings. The van der Waals surface area contributed by atoms with Gasteiger partial charge in [-0.05, 0) is 49.9 Å². The van der Waals surface area contributed by atoms with Gasteiger partial charge in [0.15, 0.2) is 0 Å². The summed E-state index contributed by atoms with van der Waals surface area (Å²) in [4.78, 5) is 28.4. The lowest BCUT2D eigenvalue weighted by atomic mass is 10.0. The van der Waals surface area contributed by atoms with Crippen LogP contribution < -0.4 is 5.32 Å². The molecular formula is C17H15FN2O3. The number of carbonyl (C=O) groups is 2. The van der Waals surface area contributed by atoms with Gasteiger partial charge in [0, 0.05) is 17.0 Å². The van der Waals surface area contributed by atoms with Crippen molar-refractivity contribution in [2.24, 2.45) is 0 Å². The minimum absolute atomic E-state index is 0.295. The van der Waals surface area contributed by atoms with E-state index in [1.54, 1.807) is 12.1 Å². The Kier molecular flexibility index (Phi) is 2.91. The Hall–Kier alpha value is -2.50. The highest BCUT2D eigenvalue weighted by atomic mass is 19.1. The number of rotatable bonds is 4. The number of nitrogens with zero attached hydrogens (tertiary/aromatic N) is 1. The molecular weight excluding hydrogens is 299 g/mol. The number of aliphatic carboxylic acids is 1. The molecule has 2 aliphatic carbocycles. The Morgan fingerprint density at radius 2 is 2.00 bits per heavy atom. The number of aromatic nitrogens is 1. The van der Waals surface area contributed by atoms with E-state index in [-0.39, 0.29) is 0 Å². The normalized spacial score (nSPS) is 18.7. The molecule has 0 saturated heterocycles. The first kappa shape index (κ1) is 14.1. The molecule has 118 valence electrons. The number of amides is 1. The lowest BCUT2D eigenvalue weighted by Crippen LogP contribution is -2.43. The molecule has 0 radical (unpaired) electrons. The van der Waals surface area contributed by atoms with Crippen molar-refractivity contribution in [3.8, 4) is 0 Å². The molecule has 0 aliphatic heterocycles. The van der Waals surface area contributed by atoms with Crippen LogP contribution in [0.15, 0.2) is 24.3 Å². The van der Waals surface area contributed by atoms with Crippen LogP contribution in [0.4, 0.5) is 4.39 Å². The number of pyridine rings is 1. The van der Waals surface area contributed by atoms with Crippen molar-refractivity contribution in [3.05, 3.63) is 41.3 Å². The van der Waals surface area contributed by atoms with Crippen molar-refractivity contribution in [1.29, 1.82) is 0 Å². The minimum Gasteiger partial charge on any atom is -0.480 e. The summed E-state index contributed by atoms with van der Waals surface area (Å²) in [5.74, 6) is -1.63. The lowest BCUT2D eigenvalue weighted by Gasteiger charge is -2.14. The van der Waals surface area contributed by atoms with Gasteiger partial charge in [0.25, 0.3) is 5.91 Å². The van der Waals surface area contributed by atoms with Crippen molar-refractivity contribution in [2.75, 3.05) is 0 Å². The van der Waals surface area contributed by atoms with Gasteiger partial charge in [0.05, 0.1) is 11.1 Å². The SMILES string of the molecule is O=C(NC1(C(=O)O)CC1)c1cc(C2CC2)nc2ccc(F)cc12. The van der Waals surface area contributed by atoms with Crippen LogP contribution in [0.25, 0.3) is 10.9 Å². The van der Waals surface area contributed by atoms with E-state index in [0.29, 0.717) is 35.2 Å². The van der Waals surface area contributed by atoms with Gasteiger partial charge in [-0.15, -0.1) is 0 Å². The summed E-state index contributed by atoms with van der Waals surface area (Å²) in [5, 5.41) is 12.2. The largest absolute Gasteiger partial charge is 0.480 e. The number of nitrogens with one attached hydrogen (secondary N) is 1. The Labute approximate surface area is 131 Å². The number of carboxylic acid groups (broad SMARTS) is 1. The monoisotopic (exact) mass is 314 g/mol. The maximum atomic E-state index is 13.6. The Morgan fingerprint density at radius 3 is 2.61 bits per heavy atom. The first-order chi connectivity index (χ1) is 11.0. The summed E-state index contributed by atoms with van der Waals surface area (Å²) in [6.45, 7) is 0. The highest BCUT2D eigenvalue weighted by molar-refractivity contribution is 6.08. The molecule has 0 bridgehead atoms. The van der Waals surface area contributed by atoms with Crippen LogP contribution in [0.2, 0.25) is 0 Å². The van der Waals surface area contributed by atoms with Crippen molar-refractivity contribution >= 4 is 22.8 Å². The number of benzene rings is 1. The van der Waals surface area contributed by atoms with E-state index in [2.05, 4.69) is 10.3 Å². The van der Waals surface area contributed by atoms with Crippen LogP contribution in [-0.2, 0) is 4.79 Å². The quantitative estimate of drug-likeness (QED) is 0.909. The van der Waals surface area contributed by atoms with E-state index < -0.39 is 23.2 Å². The van der Waals surface area contributed by atoms with Crippen molar-refractivity contribution in [1.82, 2.24) is 10.3 Å². The van der Waals surface area contributed by atoms with Crippen LogP contribution in [0.1, 0.15) is 47.7 Å². The third-order valence-electron chi connectivity index (χ3n) is 4.54. The molecule has 0 unspecified atom stereocenters. The third-order valence-corrected chi connectivity index (χ3v) is 4.54. The van der Waals surface area contributed by atoms with E-state index in [9.17, 15) is 19.1 Å². The average Bonchev–Trinajstić information content (AvgIpc) is 3.39. The molecule has 2 saturated carbocycles. The number of halogens is 1. The summed E-state index contributed by atoms with van der Waals surface area (Å²) >= 11 is 0. The van der Waals surface area contributed by atoms with Gasteiger partial charge >= 0.3 is 5.97 Å². The van der Waals surface area contributed by atoms with Crippen molar-refractivity contribution in [2.45, 2.75) is 37.1 Å². The van der Waals surface area contributed by atoms with Crippen LogP contribution in [0.5, 0.6) is 0 Å². The second-order valence-electron chi connectivity index (χ2n) is 6.37. The highest BCUT2D eigenvalue weighted by Crippen LogP contribution is 2.41. The average molecular weight is 314 g/mol. The van der Waals surface area contributed by atoms with Gasteiger partial charge in [0.2, 0.25) is 0 Å². The molecule has 23 heavy (non-hydrogen) atoms. The van der Waals surface area contributed by atoms with E-state index in [4.69, 9.17) is 0 Å². The molecule has 0 spiro atoms. The zero-order valence-electron chi connectivity index (χ0n) is 12.3. The van der Waals surface area contributed by atoms with E-state index >= 15 is 0 Å². The van der Waals surface area contributed by atoms with Crippen LogP contribution in [0.3, 0.4) is 0 Å². The molecule has 5 nitrogen and oxygen atoms in total. The van der Waals surface area contributed by atoms with Gasteiger partial charge < -0.3 is 10.4 Å². The Morgan fingerprint density at radius 1 is 1.26 bits per heavy atom. The van der Waals surface area contributed by atoms with Gasteiger partial charge in [-0.2, -0.15) is 0 Å². The Bertz CT molecular complexity index is 841. The van der Waals surface area contributed by atoms with Crippen LogP contribution in [-0.4, -0.2) is 27.5 Å². The van der Waals surface area contributed by atoms with E-state index in [1.807, 2.05) is 0 Å². The fourth-order valence-electron chi connectivity index (χ4n) is 2.80. The van der Waals surface area contributed by atoms with E-state index in [0.717, 1.165) is 18.5 Å². The maximum Gasteiger partial charge on any atom is 0.329 e. The number of hydrogen-bond acceptors (Lipinski definition) is 3. The van der Waals surface area contributed by atoms with Gasteiger partial charge in [-0.1, -0.05) is 0 Å². The first-order valence-electron chi connectivity index (χ1n) is 7.65. The third kappa shape index (κ3) is 2.44. The van der Waals surface area contributed by atoms with Crippen molar-refractivity contribution in [3.63, 3.8) is 0 Å².